The molecule has 4 nitrogen and oxygen atoms in total. The summed E-state index contributed by atoms with van der Waals surface area (Å²) in [5.41, 5.74) is 0. The third kappa shape index (κ3) is 3.80. The van der Waals surface area contributed by atoms with Crippen molar-refractivity contribution in [2.24, 2.45) is 0 Å². The number of carbonyl (C=O) groups is 2. The number of Topliss-reactive ketones (excluding diaryl/α,β-unsaturated/α-hetero) is 1. The topological polar surface area (TPSA) is 40.6 Å². The summed E-state index contributed by atoms with van der Waals surface area (Å²) in [6.45, 7) is 4.57. The quantitative estimate of drug-likeness (QED) is 0.687. The Balaban J connectivity index is 1.65. The molecule has 0 aromatic carbocycles. The van der Waals surface area contributed by atoms with Gasteiger partial charge in [0.25, 0.3) is 0 Å². The Morgan fingerprint density at radius 3 is 2.24 bits per heavy atom. The van der Waals surface area contributed by atoms with Gasteiger partial charge in [-0.2, -0.15) is 0 Å². The molecule has 17 heavy (non-hydrogen) atoms. The van der Waals surface area contributed by atoms with Gasteiger partial charge >= 0.3 is 0 Å². The minimum atomic E-state index is 0.0193. The van der Waals surface area contributed by atoms with Crippen LogP contribution in [0.4, 0.5) is 0 Å². The summed E-state index contributed by atoms with van der Waals surface area (Å²) in [4.78, 5) is 26.7. The van der Waals surface area contributed by atoms with E-state index in [4.69, 9.17) is 0 Å². The van der Waals surface area contributed by atoms with E-state index in [1.165, 1.54) is 38.8 Å². The fourth-order valence-corrected chi connectivity index (χ4v) is 2.69. The predicted octanol–water partition coefficient (Wildman–Crippen LogP) is 1.05. The van der Waals surface area contributed by atoms with Gasteiger partial charge in [-0.15, -0.1) is 0 Å². The van der Waals surface area contributed by atoms with E-state index in [-0.39, 0.29) is 18.1 Å². The zero-order chi connectivity index (χ0) is 12.1. The molecule has 0 N–H and O–H groups in total. The van der Waals surface area contributed by atoms with Crippen molar-refractivity contribution in [3.05, 3.63) is 0 Å². The van der Waals surface area contributed by atoms with Gasteiger partial charge in [-0.05, 0) is 38.9 Å². The van der Waals surface area contributed by atoms with Crippen molar-refractivity contribution in [1.29, 1.82) is 0 Å². The summed E-state index contributed by atoms with van der Waals surface area (Å²) >= 11 is 0. The maximum absolute atomic E-state index is 11.4. The van der Waals surface area contributed by atoms with Crippen LogP contribution in [0.2, 0.25) is 0 Å². The summed E-state index contributed by atoms with van der Waals surface area (Å²) in [5, 5.41) is 0. The Bertz CT molecular complexity index is 283. The second-order valence-corrected chi connectivity index (χ2v) is 5.14. The molecule has 4 heteroatoms. The van der Waals surface area contributed by atoms with E-state index in [1.54, 1.807) is 4.90 Å². The van der Waals surface area contributed by atoms with Crippen molar-refractivity contribution < 1.29 is 9.59 Å². The molecule has 0 unspecified atom stereocenters. The highest BCUT2D eigenvalue weighted by Crippen LogP contribution is 2.11. The number of amides is 1. The van der Waals surface area contributed by atoms with Crippen molar-refractivity contribution >= 4 is 11.7 Å². The molecule has 2 fully saturated rings. The smallest absolute Gasteiger partial charge is 0.230 e. The zero-order valence-electron chi connectivity index (χ0n) is 10.5. The highest BCUT2D eigenvalue weighted by atomic mass is 16.2. The van der Waals surface area contributed by atoms with Crippen molar-refractivity contribution in [2.75, 3.05) is 32.7 Å². The summed E-state index contributed by atoms with van der Waals surface area (Å²) in [6.07, 6.45) is 6.45. The Hall–Kier alpha value is -0.900. The van der Waals surface area contributed by atoms with Gasteiger partial charge in [0, 0.05) is 6.54 Å². The van der Waals surface area contributed by atoms with E-state index < -0.39 is 0 Å². The van der Waals surface area contributed by atoms with E-state index in [9.17, 15) is 9.59 Å². The molecular weight excluding hydrogens is 216 g/mol. The standard InChI is InChI=1S/C13H22N2O2/c16-12-10-13(17)15(11-12)9-5-8-14-6-3-1-2-4-7-14/h1-11H2. The van der Waals surface area contributed by atoms with Crippen LogP contribution in [-0.4, -0.2) is 54.2 Å². The van der Waals surface area contributed by atoms with E-state index in [0.29, 0.717) is 6.54 Å². The molecule has 2 heterocycles. The maximum Gasteiger partial charge on any atom is 0.230 e. The molecule has 0 aromatic heterocycles. The third-order valence-electron chi connectivity index (χ3n) is 3.67. The zero-order valence-corrected chi connectivity index (χ0v) is 10.5. The largest absolute Gasteiger partial charge is 0.335 e. The molecule has 0 spiro atoms. The first-order valence-corrected chi connectivity index (χ1v) is 6.77. The SMILES string of the molecule is O=C1CC(=O)N(CCCN2CCCCCC2)C1. The number of ketones is 1. The van der Waals surface area contributed by atoms with Crippen LogP contribution in [-0.2, 0) is 9.59 Å². The summed E-state index contributed by atoms with van der Waals surface area (Å²) in [5.74, 6) is 0.0932. The van der Waals surface area contributed by atoms with Crippen LogP contribution in [0, 0.1) is 0 Å². The van der Waals surface area contributed by atoms with Crippen LogP contribution < -0.4 is 0 Å². The lowest BCUT2D eigenvalue weighted by Gasteiger charge is -2.21. The molecular formula is C13H22N2O2. The summed E-state index contributed by atoms with van der Waals surface area (Å²) < 4.78 is 0. The summed E-state index contributed by atoms with van der Waals surface area (Å²) in [7, 11) is 0. The second kappa shape index (κ2) is 6.15. The molecule has 1 amide bonds. The highest BCUT2D eigenvalue weighted by molar-refractivity contribution is 6.05. The Labute approximate surface area is 103 Å². The van der Waals surface area contributed by atoms with Crippen molar-refractivity contribution in [2.45, 2.75) is 38.5 Å². The average Bonchev–Trinajstić information content (AvgIpc) is 2.54. The van der Waals surface area contributed by atoms with Gasteiger partial charge in [0.1, 0.15) is 0 Å². The minimum Gasteiger partial charge on any atom is -0.335 e. The van der Waals surface area contributed by atoms with Gasteiger partial charge in [0.2, 0.25) is 5.91 Å². The lowest BCUT2D eigenvalue weighted by atomic mass is 10.2. The Kier molecular flexibility index (Phi) is 4.54. The molecule has 2 saturated heterocycles. The minimum absolute atomic E-state index is 0.0193. The summed E-state index contributed by atoms with van der Waals surface area (Å²) in [6, 6.07) is 0. The Morgan fingerprint density at radius 2 is 1.65 bits per heavy atom. The molecule has 0 saturated carbocycles. The molecule has 0 radical (unpaired) electrons. The van der Waals surface area contributed by atoms with Crippen molar-refractivity contribution in [1.82, 2.24) is 9.80 Å². The molecule has 0 aliphatic carbocycles. The van der Waals surface area contributed by atoms with Crippen LogP contribution >= 0.6 is 0 Å². The lowest BCUT2D eigenvalue weighted by molar-refractivity contribution is -0.127. The van der Waals surface area contributed by atoms with Gasteiger partial charge in [-0.1, -0.05) is 12.8 Å². The first-order valence-electron chi connectivity index (χ1n) is 6.77. The van der Waals surface area contributed by atoms with Gasteiger partial charge in [-0.3, -0.25) is 9.59 Å². The van der Waals surface area contributed by atoms with Gasteiger partial charge in [0.15, 0.2) is 5.78 Å². The fourth-order valence-electron chi connectivity index (χ4n) is 2.69. The van der Waals surface area contributed by atoms with Gasteiger partial charge < -0.3 is 9.80 Å². The van der Waals surface area contributed by atoms with Crippen LogP contribution in [0.1, 0.15) is 38.5 Å². The molecule has 2 aliphatic heterocycles. The predicted molar refractivity (Wildman–Crippen MR) is 65.7 cm³/mol. The number of likely N-dealkylation sites (tertiary alicyclic amines) is 2. The van der Waals surface area contributed by atoms with Crippen molar-refractivity contribution in [3.8, 4) is 0 Å². The van der Waals surface area contributed by atoms with Crippen LogP contribution in [0.25, 0.3) is 0 Å². The normalized spacial score (nSPS) is 23.2. The Morgan fingerprint density at radius 1 is 0.941 bits per heavy atom. The first kappa shape index (κ1) is 12.6. The lowest BCUT2D eigenvalue weighted by Crippen LogP contribution is -2.31. The molecule has 2 aliphatic rings. The number of nitrogens with zero attached hydrogens (tertiary/aromatic N) is 2. The number of hydrogen-bond acceptors (Lipinski definition) is 3. The maximum atomic E-state index is 11.4. The molecule has 96 valence electrons. The van der Waals surface area contributed by atoms with Crippen LogP contribution in [0.3, 0.4) is 0 Å². The van der Waals surface area contributed by atoms with Crippen LogP contribution in [0.5, 0.6) is 0 Å². The van der Waals surface area contributed by atoms with E-state index >= 15 is 0 Å². The molecule has 0 bridgehead atoms. The molecule has 0 atom stereocenters. The highest BCUT2D eigenvalue weighted by Gasteiger charge is 2.26. The molecule has 0 aromatic rings. The molecule has 2 rings (SSSR count). The second-order valence-electron chi connectivity index (χ2n) is 5.14. The van der Waals surface area contributed by atoms with E-state index in [1.807, 2.05) is 0 Å². The number of rotatable bonds is 4. The first-order chi connectivity index (χ1) is 8.25. The van der Waals surface area contributed by atoms with E-state index in [0.717, 1.165) is 19.5 Å². The van der Waals surface area contributed by atoms with Gasteiger partial charge in [-0.25, -0.2) is 0 Å². The van der Waals surface area contributed by atoms with Gasteiger partial charge in [0.05, 0.1) is 13.0 Å². The average molecular weight is 238 g/mol. The van der Waals surface area contributed by atoms with Crippen LogP contribution in [0.15, 0.2) is 0 Å². The number of carbonyl (C=O) groups excluding carboxylic acids is 2. The monoisotopic (exact) mass is 238 g/mol. The third-order valence-corrected chi connectivity index (χ3v) is 3.67. The van der Waals surface area contributed by atoms with Crippen molar-refractivity contribution in [3.63, 3.8) is 0 Å². The van der Waals surface area contributed by atoms with E-state index in [2.05, 4.69) is 4.90 Å². The number of hydrogen-bond donors (Lipinski definition) is 0. The fraction of sp³-hybridized carbons (Fsp3) is 0.846.